The standard InChI is InChI=1S/C24H25N/c1-24(22-15-6-3-7-16-22)23-17-9-8-13-21(23)14-10-18-25(24)19-20-11-4-2-5-12-20/h2-9,11-13,15-17H,10,14,18-19H2,1H3. The third-order valence-corrected chi connectivity index (χ3v) is 5.60. The third kappa shape index (κ3) is 3.01. The van der Waals surface area contributed by atoms with Crippen LogP contribution in [0.1, 0.15) is 35.6 Å². The van der Waals surface area contributed by atoms with Gasteiger partial charge in [0.2, 0.25) is 0 Å². The summed E-state index contributed by atoms with van der Waals surface area (Å²) in [5.41, 5.74) is 5.59. The Bertz CT molecular complexity index is 825. The number of fused-ring (bicyclic) bond motifs is 1. The van der Waals surface area contributed by atoms with Gasteiger partial charge in [0.1, 0.15) is 0 Å². The number of hydrogen-bond donors (Lipinski definition) is 0. The highest BCUT2D eigenvalue weighted by molar-refractivity contribution is 5.43. The highest BCUT2D eigenvalue weighted by atomic mass is 15.2. The van der Waals surface area contributed by atoms with Crippen LogP contribution in [-0.2, 0) is 18.5 Å². The van der Waals surface area contributed by atoms with Crippen molar-refractivity contribution in [2.24, 2.45) is 0 Å². The monoisotopic (exact) mass is 327 g/mol. The summed E-state index contributed by atoms with van der Waals surface area (Å²) in [7, 11) is 0. The van der Waals surface area contributed by atoms with Crippen LogP contribution >= 0.6 is 0 Å². The van der Waals surface area contributed by atoms with Gasteiger partial charge < -0.3 is 0 Å². The molecule has 1 unspecified atom stereocenters. The third-order valence-electron chi connectivity index (χ3n) is 5.60. The lowest BCUT2D eigenvalue weighted by atomic mass is 9.80. The molecule has 0 bridgehead atoms. The van der Waals surface area contributed by atoms with Crippen LogP contribution in [0.2, 0.25) is 0 Å². The predicted octanol–water partition coefficient (Wildman–Crippen LogP) is 5.40. The van der Waals surface area contributed by atoms with E-state index in [0.29, 0.717) is 0 Å². The molecule has 0 amide bonds. The Labute approximate surface area is 150 Å². The first-order valence-corrected chi connectivity index (χ1v) is 9.21. The second-order valence-corrected chi connectivity index (χ2v) is 7.11. The van der Waals surface area contributed by atoms with E-state index in [0.717, 1.165) is 19.5 Å². The van der Waals surface area contributed by atoms with Gasteiger partial charge in [0.25, 0.3) is 0 Å². The maximum Gasteiger partial charge on any atom is 0.0692 e. The van der Waals surface area contributed by atoms with Gasteiger partial charge in [-0.05, 0) is 48.6 Å². The molecule has 0 fully saturated rings. The molecule has 1 aliphatic rings. The first-order chi connectivity index (χ1) is 12.3. The lowest BCUT2D eigenvalue weighted by molar-refractivity contribution is 0.133. The minimum atomic E-state index is -0.107. The van der Waals surface area contributed by atoms with E-state index in [2.05, 4.69) is 96.8 Å². The van der Waals surface area contributed by atoms with Crippen molar-refractivity contribution in [2.45, 2.75) is 31.8 Å². The molecule has 1 heteroatoms. The maximum absolute atomic E-state index is 2.66. The SMILES string of the molecule is CC1(c2ccccc2)c2ccccc2CCCN1Cc1ccccc1. The molecule has 1 nitrogen and oxygen atoms in total. The van der Waals surface area contributed by atoms with Crippen molar-refractivity contribution >= 4 is 0 Å². The minimum absolute atomic E-state index is 0.107. The van der Waals surface area contributed by atoms with Gasteiger partial charge in [0, 0.05) is 6.54 Å². The van der Waals surface area contributed by atoms with E-state index in [1.165, 1.54) is 28.7 Å². The van der Waals surface area contributed by atoms with Crippen molar-refractivity contribution < 1.29 is 0 Å². The van der Waals surface area contributed by atoms with Gasteiger partial charge in [0.15, 0.2) is 0 Å². The van der Waals surface area contributed by atoms with E-state index < -0.39 is 0 Å². The Morgan fingerprint density at radius 3 is 2.20 bits per heavy atom. The molecule has 0 N–H and O–H groups in total. The Morgan fingerprint density at radius 2 is 1.44 bits per heavy atom. The van der Waals surface area contributed by atoms with Gasteiger partial charge in [-0.2, -0.15) is 0 Å². The summed E-state index contributed by atoms with van der Waals surface area (Å²) in [5, 5.41) is 0. The van der Waals surface area contributed by atoms with Gasteiger partial charge in [-0.25, -0.2) is 0 Å². The Hall–Kier alpha value is -2.38. The van der Waals surface area contributed by atoms with Gasteiger partial charge in [-0.1, -0.05) is 84.9 Å². The van der Waals surface area contributed by atoms with E-state index in [-0.39, 0.29) is 5.54 Å². The second kappa shape index (κ2) is 6.85. The number of rotatable bonds is 3. The smallest absolute Gasteiger partial charge is 0.0692 e. The van der Waals surface area contributed by atoms with Gasteiger partial charge in [-0.15, -0.1) is 0 Å². The molecule has 1 aliphatic heterocycles. The van der Waals surface area contributed by atoms with Crippen LogP contribution in [0, 0.1) is 0 Å². The number of hydrogen-bond acceptors (Lipinski definition) is 1. The van der Waals surface area contributed by atoms with E-state index in [1.54, 1.807) is 0 Å². The molecule has 3 aromatic rings. The average molecular weight is 327 g/mol. The first kappa shape index (κ1) is 16.1. The molecule has 3 aromatic carbocycles. The fraction of sp³-hybridized carbons (Fsp3) is 0.250. The molecule has 0 saturated carbocycles. The van der Waals surface area contributed by atoms with Crippen molar-refractivity contribution in [1.29, 1.82) is 0 Å². The maximum atomic E-state index is 2.66. The molecule has 0 spiro atoms. The zero-order chi connectivity index (χ0) is 17.1. The topological polar surface area (TPSA) is 3.24 Å². The van der Waals surface area contributed by atoms with Crippen molar-refractivity contribution in [1.82, 2.24) is 4.90 Å². The average Bonchev–Trinajstić information content (AvgIpc) is 2.82. The van der Waals surface area contributed by atoms with Crippen molar-refractivity contribution in [3.63, 3.8) is 0 Å². The van der Waals surface area contributed by atoms with E-state index in [9.17, 15) is 0 Å². The second-order valence-electron chi connectivity index (χ2n) is 7.11. The molecule has 126 valence electrons. The molecular weight excluding hydrogens is 302 g/mol. The van der Waals surface area contributed by atoms with Crippen LogP contribution in [-0.4, -0.2) is 11.4 Å². The summed E-state index contributed by atoms with van der Waals surface area (Å²) in [5.74, 6) is 0. The molecule has 0 aromatic heterocycles. The van der Waals surface area contributed by atoms with Crippen LogP contribution in [0.4, 0.5) is 0 Å². The number of benzene rings is 3. The zero-order valence-electron chi connectivity index (χ0n) is 14.9. The zero-order valence-corrected chi connectivity index (χ0v) is 14.9. The summed E-state index contributed by atoms with van der Waals surface area (Å²) in [6.07, 6.45) is 2.36. The summed E-state index contributed by atoms with van der Waals surface area (Å²) in [4.78, 5) is 2.66. The van der Waals surface area contributed by atoms with E-state index in [4.69, 9.17) is 0 Å². The van der Waals surface area contributed by atoms with Gasteiger partial charge in [0.05, 0.1) is 5.54 Å². The highest BCUT2D eigenvalue weighted by Crippen LogP contribution is 2.40. The fourth-order valence-electron chi connectivity index (χ4n) is 4.21. The predicted molar refractivity (Wildman–Crippen MR) is 105 cm³/mol. The molecule has 1 atom stereocenters. The van der Waals surface area contributed by atoms with Crippen LogP contribution < -0.4 is 0 Å². The largest absolute Gasteiger partial charge is 0.286 e. The van der Waals surface area contributed by atoms with Crippen LogP contribution in [0.3, 0.4) is 0 Å². The van der Waals surface area contributed by atoms with Crippen molar-refractivity contribution in [3.05, 3.63) is 107 Å². The Balaban J connectivity index is 1.84. The summed E-state index contributed by atoms with van der Waals surface area (Å²) < 4.78 is 0. The molecule has 0 aliphatic carbocycles. The van der Waals surface area contributed by atoms with E-state index in [1.807, 2.05) is 0 Å². The highest BCUT2D eigenvalue weighted by Gasteiger charge is 2.38. The lowest BCUT2D eigenvalue weighted by Gasteiger charge is -2.42. The lowest BCUT2D eigenvalue weighted by Crippen LogP contribution is -2.44. The number of nitrogens with zero attached hydrogens (tertiary/aromatic N) is 1. The molecule has 0 saturated heterocycles. The van der Waals surface area contributed by atoms with Crippen LogP contribution in [0.25, 0.3) is 0 Å². The summed E-state index contributed by atoms with van der Waals surface area (Å²) in [6.45, 7) is 4.48. The summed E-state index contributed by atoms with van der Waals surface area (Å²) in [6, 6.07) is 30.8. The van der Waals surface area contributed by atoms with E-state index >= 15 is 0 Å². The van der Waals surface area contributed by atoms with Gasteiger partial charge in [-0.3, -0.25) is 4.90 Å². The molecule has 25 heavy (non-hydrogen) atoms. The Kier molecular flexibility index (Phi) is 4.42. The number of aryl methyl sites for hydroxylation is 1. The fourth-order valence-corrected chi connectivity index (χ4v) is 4.21. The van der Waals surface area contributed by atoms with Gasteiger partial charge >= 0.3 is 0 Å². The first-order valence-electron chi connectivity index (χ1n) is 9.21. The molecule has 1 heterocycles. The van der Waals surface area contributed by atoms with Crippen molar-refractivity contribution in [3.8, 4) is 0 Å². The Morgan fingerprint density at radius 1 is 0.800 bits per heavy atom. The quantitative estimate of drug-likeness (QED) is 0.622. The summed E-state index contributed by atoms with van der Waals surface area (Å²) >= 11 is 0. The van der Waals surface area contributed by atoms with Crippen LogP contribution in [0.5, 0.6) is 0 Å². The molecule has 4 rings (SSSR count). The van der Waals surface area contributed by atoms with Crippen molar-refractivity contribution in [2.75, 3.05) is 6.54 Å². The molecular formula is C24H25N. The normalized spacial score (nSPS) is 20.7. The van der Waals surface area contributed by atoms with Crippen LogP contribution in [0.15, 0.2) is 84.9 Å². The molecule has 0 radical (unpaired) electrons. The minimum Gasteiger partial charge on any atom is -0.286 e.